The van der Waals surface area contributed by atoms with Crippen LogP contribution in [-0.2, 0) is 39.7 Å². The number of carbonyl (C=O) groups excluding carboxylic acids is 7. The van der Waals surface area contributed by atoms with Crippen LogP contribution in [0.25, 0.3) is 21.8 Å². The number of aromatic nitrogens is 2. The first kappa shape index (κ1) is 57.1. The fraction of sp³-hybridized carbons (Fsp3) is 0.436. The molecule has 2 N–H and O–H groups in total. The predicted octanol–water partition coefficient (Wildman–Crippen LogP) is 10.8. The molecule has 3 atom stereocenters. The lowest BCUT2D eigenvalue weighted by Crippen LogP contribution is -2.55. The van der Waals surface area contributed by atoms with Crippen molar-refractivity contribution in [2.45, 2.75) is 144 Å². The molecular formula is C55H67N5O14. The average Bonchev–Trinajstić information content (AvgIpc) is 3.63. The molecule has 0 bridgehead atoms. The zero-order chi connectivity index (χ0) is 55.4. The van der Waals surface area contributed by atoms with Crippen molar-refractivity contribution < 1.29 is 67.1 Å². The highest BCUT2D eigenvalue weighted by molar-refractivity contribution is 6.13. The van der Waals surface area contributed by atoms with Gasteiger partial charge >= 0.3 is 36.3 Å². The van der Waals surface area contributed by atoms with Crippen molar-refractivity contribution in [1.82, 2.24) is 19.4 Å². The molecule has 3 aromatic carbocycles. The zero-order valence-corrected chi connectivity index (χ0v) is 44.6. The van der Waals surface area contributed by atoms with E-state index in [-0.39, 0.29) is 16.8 Å². The first-order valence-electron chi connectivity index (χ1n) is 24.0. The maximum Gasteiger partial charge on any atom is 0.420 e. The van der Waals surface area contributed by atoms with Crippen molar-refractivity contribution >= 4 is 75.6 Å². The van der Waals surface area contributed by atoms with Crippen molar-refractivity contribution in [3.05, 3.63) is 107 Å². The van der Waals surface area contributed by atoms with Crippen LogP contribution in [-0.4, -0.2) is 114 Å². The molecule has 1 unspecified atom stereocenters. The number of nitrogens with one attached hydrogen (secondary N) is 1. The third-order valence-electron chi connectivity index (χ3n) is 11.0. The van der Waals surface area contributed by atoms with Gasteiger partial charge in [-0.25, -0.2) is 33.7 Å². The highest BCUT2D eigenvalue weighted by atomic mass is 16.6. The number of imide groups is 2. The van der Waals surface area contributed by atoms with Gasteiger partial charge in [0.15, 0.2) is 0 Å². The molecule has 0 aliphatic rings. The van der Waals surface area contributed by atoms with Gasteiger partial charge in [0.2, 0.25) is 5.91 Å². The molecule has 5 aromatic rings. The Morgan fingerprint density at radius 1 is 0.676 bits per heavy atom. The minimum atomic E-state index is -1.82. The Morgan fingerprint density at radius 3 is 1.74 bits per heavy atom. The summed E-state index contributed by atoms with van der Waals surface area (Å²) in [6.07, 6.45) is -2.10. The molecule has 0 aliphatic carbocycles. The zero-order valence-electron chi connectivity index (χ0n) is 44.6. The summed E-state index contributed by atoms with van der Waals surface area (Å²) in [4.78, 5) is 120. The second-order valence-corrected chi connectivity index (χ2v) is 21.9. The van der Waals surface area contributed by atoms with E-state index in [0.717, 1.165) is 11.7 Å². The lowest BCUT2D eigenvalue weighted by molar-refractivity contribution is -0.146. The first-order chi connectivity index (χ1) is 34.2. The number of methoxy groups -OCH3 is 1. The average molecular weight is 1020 g/mol. The number of rotatable bonds is 12. The molecule has 19 heteroatoms. The summed E-state index contributed by atoms with van der Waals surface area (Å²) in [5, 5.41) is 14.1. The van der Waals surface area contributed by atoms with Gasteiger partial charge in [-0.1, -0.05) is 56.3 Å². The molecule has 0 radical (unpaired) electrons. The summed E-state index contributed by atoms with van der Waals surface area (Å²) in [5.74, 6) is -6.34. The molecule has 2 heterocycles. The number of carboxylic acids is 1. The van der Waals surface area contributed by atoms with Crippen LogP contribution in [0.2, 0.25) is 0 Å². The van der Waals surface area contributed by atoms with Gasteiger partial charge in [0.05, 0.1) is 35.0 Å². The minimum absolute atomic E-state index is 0.144. The van der Waals surface area contributed by atoms with Gasteiger partial charge in [0.25, 0.3) is 5.91 Å². The van der Waals surface area contributed by atoms with Crippen molar-refractivity contribution in [2.24, 2.45) is 5.92 Å². The fourth-order valence-corrected chi connectivity index (χ4v) is 8.13. The van der Waals surface area contributed by atoms with E-state index in [2.05, 4.69) is 10.3 Å². The molecule has 2 aromatic heterocycles. The Kier molecular flexibility index (Phi) is 17.1. The highest BCUT2D eigenvalue weighted by Gasteiger charge is 2.46. The molecule has 0 aliphatic heterocycles. The lowest BCUT2D eigenvalue weighted by atomic mass is 9.80. The smallest absolute Gasteiger partial charge is 0.420 e. The van der Waals surface area contributed by atoms with E-state index in [0.29, 0.717) is 31.7 Å². The van der Waals surface area contributed by atoms with Gasteiger partial charge in [-0.05, 0) is 130 Å². The van der Waals surface area contributed by atoms with Crippen LogP contribution in [0.3, 0.4) is 0 Å². The van der Waals surface area contributed by atoms with E-state index in [1.165, 1.54) is 36.7 Å². The van der Waals surface area contributed by atoms with E-state index in [1.807, 2.05) is 0 Å². The van der Waals surface area contributed by atoms with Gasteiger partial charge in [-0.3, -0.25) is 19.1 Å². The van der Waals surface area contributed by atoms with Crippen LogP contribution in [0.1, 0.15) is 135 Å². The number of carbonyl (C=O) groups is 8. The number of fused-ring (bicyclic) bond motifs is 2. The number of hydrogen-bond acceptors (Lipinski definition) is 14. The normalized spacial score (nSPS) is 13.3. The summed E-state index contributed by atoms with van der Waals surface area (Å²) >= 11 is 0. The number of nitrogens with zero attached hydrogens (tertiary/aromatic N) is 4. The Bertz CT molecular complexity index is 2930. The molecule has 5 rings (SSSR count). The number of benzene rings is 3. The summed E-state index contributed by atoms with van der Waals surface area (Å²) in [5.41, 5.74) is -4.09. The van der Waals surface area contributed by atoms with E-state index < -0.39 is 112 Å². The Labute approximate surface area is 430 Å². The number of para-hydroxylation sites is 1. The number of anilines is 1. The Morgan fingerprint density at radius 2 is 1.22 bits per heavy atom. The van der Waals surface area contributed by atoms with Crippen molar-refractivity contribution in [2.75, 3.05) is 12.4 Å². The number of esters is 1. The summed E-state index contributed by atoms with van der Waals surface area (Å²) in [6.45, 7) is 22.6. The van der Waals surface area contributed by atoms with Crippen molar-refractivity contribution in [1.29, 1.82) is 0 Å². The number of pyridine rings is 1. The number of amides is 5. The number of aromatic carboxylic acids is 1. The van der Waals surface area contributed by atoms with E-state index in [4.69, 9.17) is 23.7 Å². The number of ether oxygens (including phenoxy) is 5. The standard InChI is InChI=1S/C55H67N5O14/c1-31(2)41(43(44(61)57-38-24-18-20-32-21-19-27-56-42(32)38)60(51(69)74-55(12,13)14)45(62)36-22-16-17-23-37(36)46(63)64)33-25-26-35-34(30-58(39(35)28-33)48(66)71-52(3,4)5)29-40(47(65)70-15)59(49(67)72-53(6,7)8)50(68)73-54(9,10)11/h16-28,30-31,40-41,43H,29H2,1-15H3,(H,57,61)(H,63,64)/t40-,41+,43?/m0/s1. The molecule has 0 spiro atoms. The summed E-state index contributed by atoms with van der Waals surface area (Å²) in [6, 6.07) is 15.0. The van der Waals surface area contributed by atoms with E-state index >= 15 is 9.59 Å². The van der Waals surface area contributed by atoms with Gasteiger partial charge < -0.3 is 34.1 Å². The SMILES string of the molecule is COC(=O)[C@H](Cc1cn(C(=O)OC(C)(C)C)c2cc([C@@H](C(C)C)C(C(=O)Nc3cccc4cccnc34)N(C(=O)OC(C)(C)C)C(=O)c3ccccc3C(=O)O)ccc12)N(C(=O)OC(C)(C)C)C(=O)OC(C)(C)C. The molecule has 0 fully saturated rings. The van der Waals surface area contributed by atoms with Crippen LogP contribution >= 0.6 is 0 Å². The molecule has 0 saturated carbocycles. The van der Waals surface area contributed by atoms with Crippen LogP contribution in [0, 0.1) is 5.92 Å². The van der Waals surface area contributed by atoms with Gasteiger partial charge in [-0.15, -0.1) is 0 Å². The van der Waals surface area contributed by atoms with E-state index in [9.17, 15) is 33.9 Å². The van der Waals surface area contributed by atoms with Crippen LogP contribution in [0.4, 0.5) is 24.9 Å². The minimum Gasteiger partial charge on any atom is -0.478 e. The maximum atomic E-state index is 15.4. The first-order valence-corrected chi connectivity index (χ1v) is 24.0. The largest absolute Gasteiger partial charge is 0.478 e. The van der Waals surface area contributed by atoms with Crippen LogP contribution < -0.4 is 5.32 Å². The monoisotopic (exact) mass is 1020 g/mol. The third kappa shape index (κ3) is 14.0. The van der Waals surface area contributed by atoms with Crippen molar-refractivity contribution in [3.8, 4) is 0 Å². The lowest BCUT2D eigenvalue weighted by Gasteiger charge is -2.38. The maximum absolute atomic E-state index is 15.4. The molecular weight excluding hydrogens is 955 g/mol. The van der Waals surface area contributed by atoms with Gasteiger partial charge in [0.1, 0.15) is 34.5 Å². The molecule has 19 nitrogen and oxygen atoms in total. The second kappa shape index (κ2) is 22.1. The summed E-state index contributed by atoms with van der Waals surface area (Å²) < 4.78 is 29.2. The molecule has 0 saturated heterocycles. The van der Waals surface area contributed by atoms with E-state index in [1.54, 1.807) is 145 Å². The quantitative estimate of drug-likeness (QED) is 0.0872. The summed E-state index contributed by atoms with van der Waals surface area (Å²) in [7, 11) is 1.08. The second-order valence-electron chi connectivity index (χ2n) is 21.9. The van der Waals surface area contributed by atoms with Crippen LogP contribution in [0.15, 0.2) is 85.2 Å². The molecule has 74 heavy (non-hydrogen) atoms. The molecule has 396 valence electrons. The predicted molar refractivity (Wildman–Crippen MR) is 275 cm³/mol. The van der Waals surface area contributed by atoms with Crippen molar-refractivity contribution in [3.63, 3.8) is 0 Å². The highest BCUT2D eigenvalue weighted by Crippen LogP contribution is 2.38. The third-order valence-corrected chi connectivity index (χ3v) is 11.0. The topological polar surface area (TPSA) is 239 Å². The van der Waals surface area contributed by atoms with Gasteiger partial charge in [0, 0.05) is 35.5 Å². The van der Waals surface area contributed by atoms with Crippen LogP contribution in [0.5, 0.6) is 0 Å². The molecule has 5 amide bonds. The van der Waals surface area contributed by atoms with Gasteiger partial charge in [-0.2, -0.15) is 4.90 Å². The Hall–Kier alpha value is -7.83. The number of hydrogen-bond donors (Lipinski definition) is 2. The fourth-order valence-electron chi connectivity index (χ4n) is 8.13. The Balaban J connectivity index is 1.83. The number of carboxylic acid groups (broad SMARTS) is 1.